The van der Waals surface area contributed by atoms with Gasteiger partial charge in [0.25, 0.3) is 5.91 Å². The number of carbonyl (C=O) groups is 1. The molecule has 1 N–H and O–H groups in total. The molecule has 0 aliphatic carbocycles. The van der Waals surface area contributed by atoms with Crippen LogP contribution in [0.1, 0.15) is 57.8 Å². The number of imidazole rings is 1. The summed E-state index contributed by atoms with van der Waals surface area (Å²) in [7, 11) is 0. The Kier molecular flexibility index (Phi) is 7.30. The molecule has 0 radical (unpaired) electrons. The number of nitriles is 1. The normalized spacial score (nSPS) is 11.8. The first-order chi connectivity index (χ1) is 17.3. The number of amides is 1. The number of rotatable bonds is 8. The SMILES string of the molecule is CCCc1nc2c(OCc3c(F)cccc3F)cc(C)cn2c1C(=O)NC(C#N)c1ccc(C)cc1. The molecule has 8 heteroatoms. The second kappa shape index (κ2) is 10.6. The van der Waals surface area contributed by atoms with Crippen LogP contribution in [0.2, 0.25) is 0 Å². The predicted octanol–water partition coefficient (Wildman–Crippen LogP) is 5.76. The van der Waals surface area contributed by atoms with Crippen molar-refractivity contribution in [2.45, 2.75) is 46.3 Å². The van der Waals surface area contributed by atoms with E-state index in [9.17, 15) is 18.8 Å². The van der Waals surface area contributed by atoms with E-state index in [-0.39, 0.29) is 12.2 Å². The van der Waals surface area contributed by atoms with Gasteiger partial charge in [-0.2, -0.15) is 5.26 Å². The molecule has 0 saturated heterocycles. The quantitative estimate of drug-likeness (QED) is 0.342. The van der Waals surface area contributed by atoms with Gasteiger partial charge in [-0.25, -0.2) is 13.8 Å². The number of fused-ring (bicyclic) bond motifs is 1. The van der Waals surface area contributed by atoms with Gasteiger partial charge in [0.15, 0.2) is 11.4 Å². The van der Waals surface area contributed by atoms with E-state index in [4.69, 9.17) is 4.74 Å². The molecule has 0 aliphatic heterocycles. The lowest BCUT2D eigenvalue weighted by atomic mass is 10.1. The number of nitrogens with one attached hydrogen (secondary N) is 1. The van der Waals surface area contributed by atoms with Crippen molar-refractivity contribution in [3.8, 4) is 11.8 Å². The van der Waals surface area contributed by atoms with Crippen molar-refractivity contribution < 1.29 is 18.3 Å². The molecule has 0 fully saturated rings. The molecule has 36 heavy (non-hydrogen) atoms. The van der Waals surface area contributed by atoms with E-state index in [0.29, 0.717) is 34.8 Å². The number of benzene rings is 2. The molecule has 0 bridgehead atoms. The maximum absolute atomic E-state index is 14.1. The second-order valence-electron chi connectivity index (χ2n) is 8.67. The number of hydrogen-bond acceptors (Lipinski definition) is 4. The average Bonchev–Trinajstić information content (AvgIpc) is 3.21. The smallest absolute Gasteiger partial charge is 0.271 e. The summed E-state index contributed by atoms with van der Waals surface area (Å²) < 4.78 is 35.7. The monoisotopic (exact) mass is 488 g/mol. The number of ether oxygens (including phenoxy) is 1. The highest BCUT2D eigenvalue weighted by atomic mass is 19.1. The van der Waals surface area contributed by atoms with Crippen LogP contribution in [-0.4, -0.2) is 15.3 Å². The van der Waals surface area contributed by atoms with Crippen LogP contribution in [0.5, 0.6) is 5.75 Å². The molecular formula is C28H26F2N4O2. The van der Waals surface area contributed by atoms with Gasteiger partial charge in [0.2, 0.25) is 0 Å². The van der Waals surface area contributed by atoms with Gasteiger partial charge >= 0.3 is 0 Å². The summed E-state index contributed by atoms with van der Waals surface area (Å²) in [6.07, 6.45) is 3.01. The minimum atomic E-state index is -0.845. The maximum atomic E-state index is 14.1. The summed E-state index contributed by atoms with van der Waals surface area (Å²) in [5, 5.41) is 12.5. The van der Waals surface area contributed by atoms with E-state index in [1.807, 2.05) is 45.0 Å². The molecule has 0 aliphatic rings. The summed E-state index contributed by atoms with van der Waals surface area (Å²) >= 11 is 0. The summed E-state index contributed by atoms with van der Waals surface area (Å²) in [4.78, 5) is 18.1. The van der Waals surface area contributed by atoms with Crippen LogP contribution in [0.25, 0.3) is 5.65 Å². The molecule has 184 valence electrons. The molecule has 2 aromatic carbocycles. The highest BCUT2D eigenvalue weighted by molar-refractivity contribution is 5.95. The summed E-state index contributed by atoms with van der Waals surface area (Å²) in [6.45, 7) is 5.40. The number of aryl methyl sites for hydroxylation is 3. The van der Waals surface area contributed by atoms with Crippen molar-refractivity contribution in [1.82, 2.24) is 14.7 Å². The fourth-order valence-electron chi connectivity index (χ4n) is 4.02. The molecule has 4 aromatic rings. The van der Waals surface area contributed by atoms with Crippen molar-refractivity contribution in [2.75, 3.05) is 0 Å². The summed E-state index contributed by atoms with van der Waals surface area (Å²) in [5.74, 6) is -1.56. The molecule has 2 heterocycles. The lowest BCUT2D eigenvalue weighted by Gasteiger charge is -2.14. The molecule has 1 unspecified atom stereocenters. The number of halogens is 2. The number of hydrogen-bond donors (Lipinski definition) is 1. The second-order valence-corrected chi connectivity index (χ2v) is 8.67. The van der Waals surface area contributed by atoms with Crippen LogP contribution in [0, 0.1) is 36.8 Å². The van der Waals surface area contributed by atoms with E-state index in [2.05, 4.69) is 16.4 Å². The van der Waals surface area contributed by atoms with E-state index < -0.39 is 23.6 Å². The first-order valence-corrected chi connectivity index (χ1v) is 11.7. The van der Waals surface area contributed by atoms with Gasteiger partial charge < -0.3 is 10.1 Å². The van der Waals surface area contributed by atoms with Crippen LogP contribution in [0.15, 0.2) is 54.7 Å². The van der Waals surface area contributed by atoms with Gasteiger partial charge in [-0.1, -0.05) is 49.2 Å². The van der Waals surface area contributed by atoms with Crippen LogP contribution in [0.4, 0.5) is 8.78 Å². The van der Waals surface area contributed by atoms with E-state index in [1.165, 1.54) is 18.2 Å². The van der Waals surface area contributed by atoms with Gasteiger partial charge in [-0.05, 0) is 49.6 Å². The van der Waals surface area contributed by atoms with E-state index in [1.54, 1.807) is 16.7 Å². The van der Waals surface area contributed by atoms with Gasteiger partial charge in [-0.15, -0.1) is 0 Å². The molecular weight excluding hydrogens is 462 g/mol. The Hall–Kier alpha value is -4.25. The Balaban J connectivity index is 1.71. The third kappa shape index (κ3) is 5.05. The molecule has 1 amide bonds. The van der Waals surface area contributed by atoms with Crippen molar-refractivity contribution in [2.24, 2.45) is 0 Å². The van der Waals surface area contributed by atoms with Crippen molar-refractivity contribution in [3.63, 3.8) is 0 Å². The molecule has 4 rings (SSSR count). The molecule has 2 aromatic heterocycles. The Labute approximate surface area is 208 Å². The fourth-order valence-corrected chi connectivity index (χ4v) is 4.02. The van der Waals surface area contributed by atoms with Crippen LogP contribution in [-0.2, 0) is 13.0 Å². The highest BCUT2D eigenvalue weighted by Gasteiger charge is 2.24. The molecule has 0 saturated carbocycles. The maximum Gasteiger partial charge on any atom is 0.271 e. The van der Waals surface area contributed by atoms with Crippen molar-refractivity contribution in [3.05, 3.63) is 100 Å². The van der Waals surface area contributed by atoms with Crippen LogP contribution in [0.3, 0.4) is 0 Å². The highest BCUT2D eigenvalue weighted by Crippen LogP contribution is 2.27. The zero-order valence-corrected chi connectivity index (χ0v) is 20.3. The van der Waals surface area contributed by atoms with Crippen LogP contribution < -0.4 is 10.1 Å². The summed E-state index contributed by atoms with van der Waals surface area (Å²) in [5.41, 5.74) is 3.49. The van der Waals surface area contributed by atoms with E-state index >= 15 is 0 Å². The first-order valence-electron chi connectivity index (χ1n) is 11.7. The third-order valence-corrected chi connectivity index (χ3v) is 5.85. The largest absolute Gasteiger partial charge is 0.485 e. The van der Waals surface area contributed by atoms with Gasteiger partial charge in [0.1, 0.15) is 30.0 Å². The van der Waals surface area contributed by atoms with Gasteiger partial charge in [0, 0.05) is 6.20 Å². The third-order valence-electron chi connectivity index (χ3n) is 5.85. The van der Waals surface area contributed by atoms with Crippen molar-refractivity contribution in [1.29, 1.82) is 5.26 Å². The predicted molar refractivity (Wildman–Crippen MR) is 132 cm³/mol. The average molecular weight is 489 g/mol. The topological polar surface area (TPSA) is 79.4 Å². The Bertz CT molecular complexity index is 1440. The standard InChI is InChI=1S/C28H26F2N4O2/c1-4-6-23-26(28(35)33-24(14-31)19-11-9-17(2)10-12-19)34-15-18(3)13-25(27(34)32-23)36-16-20-21(29)7-5-8-22(20)30/h5,7-13,15,24H,4,6,16H2,1-3H3,(H,33,35). The Morgan fingerprint density at radius 2 is 1.83 bits per heavy atom. The number of pyridine rings is 1. The zero-order chi connectivity index (χ0) is 25.8. The Morgan fingerprint density at radius 1 is 1.14 bits per heavy atom. The molecule has 6 nitrogen and oxygen atoms in total. The number of carbonyl (C=O) groups excluding carboxylic acids is 1. The minimum absolute atomic E-state index is 0.189. The molecule has 1 atom stereocenters. The minimum Gasteiger partial charge on any atom is -0.485 e. The molecule has 0 spiro atoms. The van der Waals surface area contributed by atoms with Crippen LogP contribution >= 0.6 is 0 Å². The number of nitrogens with zero attached hydrogens (tertiary/aromatic N) is 3. The fraction of sp³-hybridized carbons (Fsp3) is 0.250. The first kappa shape index (κ1) is 24.9. The Morgan fingerprint density at radius 3 is 2.47 bits per heavy atom. The summed E-state index contributed by atoms with van der Waals surface area (Å²) in [6, 6.07) is 14.0. The van der Waals surface area contributed by atoms with Crippen molar-refractivity contribution >= 4 is 11.6 Å². The van der Waals surface area contributed by atoms with Gasteiger partial charge in [-0.3, -0.25) is 9.20 Å². The lowest BCUT2D eigenvalue weighted by molar-refractivity contribution is 0.0938. The van der Waals surface area contributed by atoms with E-state index in [0.717, 1.165) is 17.5 Å². The zero-order valence-electron chi connectivity index (χ0n) is 20.3. The van der Waals surface area contributed by atoms with Gasteiger partial charge in [0.05, 0.1) is 17.3 Å². The lowest BCUT2D eigenvalue weighted by Crippen LogP contribution is -2.29. The number of aromatic nitrogens is 2.